The van der Waals surface area contributed by atoms with Crippen LogP contribution in [0, 0.1) is 6.92 Å². The molecule has 3 rings (SSSR count). The molecule has 0 aliphatic rings. The molecule has 0 aliphatic heterocycles. The molecule has 0 fully saturated rings. The second kappa shape index (κ2) is 5.47. The maximum Gasteiger partial charge on any atom is 0.0607 e. The first-order valence-electron chi connectivity index (χ1n) is 6.92. The van der Waals surface area contributed by atoms with Gasteiger partial charge in [0.1, 0.15) is 0 Å². The Morgan fingerprint density at radius 2 is 1.90 bits per heavy atom. The summed E-state index contributed by atoms with van der Waals surface area (Å²) in [5, 5.41) is 10.3. The molecule has 2 aromatic carbocycles. The fourth-order valence-corrected chi connectivity index (χ4v) is 2.55. The van der Waals surface area contributed by atoms with Crippen LogP contribution in [-0.4, -0.2) is 16.8 Å². The fraction of sp³-hybridized carbons (Fsp3) is 0.235. The fourth-order valence-electron chi connectivity index (χ4n) is 2.55. The van der Waals surface area contributed by atoms with Crippen molar-refractivity contribution in [3.05, 3.63) is 66.0 Å². The molecule has 0 aliphatic carbocycles. The van der Waals surface area contributed by atoms with Gasteiger partial charge in [-0.2, -0.15) is 5.10 Å². The van der Waals surface area contributed by atoms with Gasteiger partial charge in [-0.3, -0.25) is 4.68 Å². The number of benzene rings is 2. The highest BCUT2D eigenvalue weighted by atomic mass is 15.3. The van der Waals surface area contributed by atoms with Crippen molar-refractivity contribution in [3.63, 3.8) is 0 Å². The lowest BCUT2D eigenvalue weighted by Gasteiger charge is -2.18. The Kier molecular flexibility index (Phi) is 3.52. The van der Waals surface area contributed by atoms with Gasteiger partial charge in [-0.25, -0.2) is 0 Å². The molecule has 0 spiro atoms. The average molecular weight is 265 g/mol. The van der Waals surface area contributed by atoms with E-state index in [4.69, 9.17) is 0 Å². The van der Waals surface area contributed by atoms with Gasteiger partial charge in [-0.1, -0.05) is 36.4 Å². The molecule has 20 heavy (non-hydrogen) atoms. The summed E-state index contributed by atoms with van der Waals surface area (Å²) in [6.07, 6.45) is 1.85. The molecule has 3 nitrogen and oxygen atoms in total. The molecule has 102 valence electrons. The monoisotopic (exact) mass is 265 g/mol. The zero-order valence-corrected chi connectivity index (χ0v) is 11.9. The highest BCUT2D eigenvalue weighted by molar-refractivity contribution is 5.83. The summed E-state index contributed by atoms with van der Waals surface area (Å²) in [6, 6.07) is 17.4. The molecule has 0 radical (unpaired) electrons. The lowest BCUT2D eigenvalue weighted by Crippen LogP contribution is -2.23. The standard InChI is InChI=1S/C17H19N3/c1-13-9-10-19-20(13)12-17(18-2)16-8-7-14-5-3-4-6-15(14)11-16/h3-11,17-18H,12H2,1-2H3. The van der Waals surface area contributed by atoms with E-state index < -0.39 is 0 Å². The molecular formula is C17H19N3. The molecule has 3 heteroatoms. The van der Waals surface area contributed by atoms with Crippen LogP contribution in [0.2, 0.25) is 0 Å². The molecule has 0 saturated heterocycles. The molecule has 1 heterocycles. The number of likely N-dealkylation sites (N-methyl/N-ethyl adjacent to an activating group) is 1. The number of aromatic nitrogens is 2. The summed E-state index contributed by atoms with van der Waals surface area (Å²) in [5.41, 5.74) is 2.48. The van der Waals surface area contributed by atoms with Crippen LogP contribution in [0.15, 0.2) is 54.7 Å². The van der Waals surface area contributed by atoms with E-state index in [0.717, 1.165) is 6.54 Å². The second-order valence-electron chi connectivity index (χ2n) is 5.10. The van der Waals surface area contributed by atoms with Crippen LogP contribution < -0.4 is 5.32 Å². The van der Waals surface area contributed by atoms with E-state index in [-0.39, 0.29) is 6.04 Å². The van der Waals surface area contributed by atoms with Gasteiger partial charge in [0.25, 0.3) is 0 Å². The summed E-state index contributed by atoms with van der Waals surface area (Å²) in [7, 11) is 2.00. The van der Waals surface area contributed by atoms with Crippen molar-refractivity contribution < 1.29 is 0 Å². The first kappa shape index (κ1) is 12.9. The number of nitrogens with one attached hydrogen (secondary N) is 1. The van der Waals surface area contributed by atoms with Crippen LogP contribution in [-0.2, 0) is 6.54 Å². The lowest BCUT2D eigenvalue weighted by molar-refractivity contribution is 0.461. The van der Waals surface area contributed by atoms with E-state index in [9.17, 15) is 0 Å². The molecule has 1 N–H and O–H groups in total. The summed E-state index contributed by atoms with van der Waals surface area (Å²) in [6.45, 7) is 2.92. The van der Waals surface area contributed by atoms with Crippen molar-refractivity contribution in [1.82, 2.24) is 15.1 Å². The van der Waals surface area contributed by atoms with E-state index in [1.165, 1.54) is 22.0 Å². The van der Waals surface area contributed by atoms with Crippen LogP contribution in [0.5, 0.6) is 0 Å². The Balaban J connectivity index is 1.92. The van der Waals surface area contributed by atoms with Crippen LogP contribution in [0.4, 0.5) is 0 Å². The van der Waals surface area contributed by atoms with Gasteiger partial charge in [-0.15, -0.1) is 0 Å². The SMILES string of the molecule is CNC(Cn1nccc1C)c1ccc2ccccc2c1. The Morgan fingerprint density at radius 3 is 2.60 bits per heavy atom. The van der Waals surface area contributed by atoms with E-state index in [1.807, 2.05) is 24.0 Å². The van der Waals surface area contributed by atoms with Gasteiger partial charge in [0, 0.05) is 11.9 Å². The topological polar surface area (TPSA) is 29.9 Å². The van der Waals surface area contributed by atoms with Gasteiger partial charge in [-0.05, 0) is 42.4 Å². The average Bonchev–Trinajstić information content (AvgIpc) is 2.89. The Morgan fingerprint density at radius 1 is 1.10 bits per heavy atom. The minimum absolute atomic E-state index is 0.262. The number of aryl methyl sites for hydroxylation is 1. The summed E-state index contributed by atoms with van der Waals surface area (Å²) < 4.78 is 2.04. The van der Waals surface area contributed by atoms with Gasteiger partial charge >= 0.3 is 0 Å². The van der Waals surface area contributed by atoms with E-state index in [0.29, 0.717) is 0 Å². The van der Waals surface area contributed by atoms with Crippen molar-refractivity contribution in [2.45, 2.75) is 19.5 Å². The predicted octanol–water partition coefficient (Wildman–Crippen LogP) is 3.31. The highest BCUT2D eigenvalue weighted by Gasteiger charge is 2.11. The molecule has 1 atom stereocenters. The van der Waals surface area contributed by atoms with Crippen molar-refractivity contribution in [1.29, 1.82) is 0 Å². The second-order valence-corrected chi connectivity index (χ2v) is 5.10. The van der Waals surface area contributed by atoms with Gasteiger partial charge < -0.3 is 5.32 Å². The third-order valence-corrected chi connectivity index (χ3v) is 3.81. The summed E-state index contributed by atoms with van der Waals surface area (Å²) in [5.74, 6) is 0. The van der Waals surface area contributed by atoms with E-state index >= 15 is 0 Å². The maximum absolute atomic E-state index is 4.37. The number of hydrogen-bond donors (Lipinski definition) is 1. The van der Waals surface area contributed by atoms with Crippen LogP contribution in [0.1, 0.15) is 17.3 Å². The highest BCUT2D eigenvalue weighted by Crippen LogP contribution is 2.21. The molecular weight excluding hydrogens is 246 g/mol. The summed E-state index contributed by atoms with van der Waals surface area (Å²) in [4.78, 5) is 0. The first-order valence-corrected chi connectivity index (χ1v) is 6.92. The number of fused-ring (bicyclic) bond motifs is 1. The molecule has 1 aromatic heterocycles. The largest absolute Gasteiger partial charge is 0.311 e. The Hall–Kier alpha value is -2.13. The Labute approximate surface area is 119 Å². The Bertz CT molecular complexity index is 715. The van der Waals surface area contributed by atoms with Crippen molar-refractivity contribution in [2.24, 2.45) is 0 Å². The van der Waals surface area contributed by atoms with Gasteiger partial charge in [0.15, 0.2) is 0 Å². The number of rotatable bonds is 4. The number of nitrogens with zero attached hydrogens (tertiary/aromatic N) is 2. The van der Waals surface area contributed by atoms with Crippen LogP contribution >= 0.6 is 0 Å². The van der Waals surface area contributed by atoms with Crippen molar-refractivity contribution in [3.8, 4) is 0 Å². The van der Waals surface area contributed by atoms with Crippen molar-refractivity contribution in [2.75, 3.05) is 7.05 Å². The predicted molar refractivity (Wildman–Crippen MR) is 82.7 cm³/mol. The zero-order chi connectivity index (χ0) is 13.9. The normalized spacial score (nSPS) is 12.7. The quantitative estimate of drug-likeness (QED) is 0.784. The van der Waals surface area contributed by atoms with E-state index in [1.54, 1.807) is 0 Å². The number of hydrogen-bond acceptors (Lipinski definition) is 2. The first-order chi connectivity index (χ1) is 9.78. The minimum atomic E-state index is 0.262. The molecule has 1 unspecified atom stereocenters. The third kappa shape index (κ3) is 2.45. The van der Waals surface area contributed by atoms with Crippen molar-refractivity contribution >= 4 is 10.8 Å². The smallest absolute Gasteiger partial charge is 0.0607 e. The molecule has 0 amide bonds. The zero-order valence-electron chi connectivity index (χ0n) is 11.9. The van der Waals surface area contributed by atoms with E-state index in [2.05, 4.69) is 59.8 Å². The minimum Gasteiger partial charge on any atom is -0.311 e. The molecule has 3 aromatic rings. The summed E-state index contributed by atoms with van der Waals surface area (Å²) >= 11 is 0. The molecule has 0 saturated carbocycles. The third-order valence-electron chi connectivity index (χ3n) is 3.81. The van der Waals surface area contributed by atoms with Crippen LogP contribution in [0.3, 0.4) is 0 Å². The van der Waals surface area contributed by atoms with Gasteiger partial charge in [0.2, 0.25) is 0 Å². The molecule has 0 bridgehead atoms. The maximum atomic E-state index is 4.37. The van der Waals surface area contributed by atoms with Crippen LogP contribution in [0.25, 0.3) is 10.8 Å². The lowest BCUT2D eigenvalue weighted by atomic mass is 10.0. The van der Waals surface area contributed by atoms with Gasteiger partial charge in [0.05, 0.1) is 12.6 Å².